The van der Waals surface area contributed by atoms with E-state index < -0.39 is 0 Å². The average Bonchev–Trinajstić information content (AvgIpc) is 3.35. The van der Waals surface area contributed by atoms with Crippen LogP contribution in [0.25, 0.3) is 101 Å². The molecule has 10 rings (SSSR count). The maximum absolute atomic E-state index is 5.32. The molecule has 0 aliphatic rings. The summed E-state index contributed by atoms with van der Waals surface area (Å²) in [6.07, 6.45) is 3.68. The number of aromatic nitrogens is 6. The third-order valence-electron chi connectivity index (χ3n) is 10.4. The fourth-order valence-corrected chi connectivity index (χ4v) is 7.55. The second-order valence-electron chi connectivity index (χ2n) is 14.4. The lowest BCUT2D eigenvalue weighted by Gasteiger charge is -2.17. The van der Waals surface area contributed by atoms with Crippen molar-refractivity contribution in [2.45, 2.75) is 0 Å². The summed E-state index contributed by atoms with van der Waals surface area (Å²) < 4.78 is 0. The first-order valence-electron chi connectivity index (χ1n) is 19.9. The van der Waals surface area contributed by atoms with Crippen molar-refractivity contribution in [1.29, 1.82) is 0 Å². The molecule has 6 heteroatoms. The van der Waals surface area contributed by atoms with E-state index in [2.05, 4.69) is 115 Å². The topological polar surface area (TPSA) is 77.3 Å². The van der Waals surface area contributed by atoms with Crippen LogP contribution < -0.4 is 0 Å². The lowest BCUT2D eigenvalue weighted by molar-refractivity contribution is 1.07. The highest BCUT2D eigenvalue weighted by atomic mass is 15.0. The van der Waals surface area contributed by atoms with Crippen LogP contribution >= 0.6 is 0 Å². The van der Waals surface area contributed by atoms with Gasteiger partial charge in [-0.3, -0.25) is 9.97 Å². The highest BCUT2D eigenvalue weighted by Gasteiger charge is 2.19. The fraction of sp³-hybridized carbons (Fsp3) is 0. The van der Waals surface area contributed by atoms with Gasteiger partial charge in [-0.1, -0.05) is 158 Å². The first kappa shape index (κ1) is 36.1. The van der Waals surface area contributed by atoms with Crippen molar-refractivity contribution in [3.8, 4) is 101 Å². The van der Waals surface area contributed by atoms with Crippen LogP contribution in [0.3, 0.4) is 0 Å². The molecule has 0 amide bonds. The number of hydrogen-bond acceptors (Lipinski definition) is 6. The van der Waals surface area contributed by atoms with Gasteiger partial charge in [-0.25, -0.2) is 19.9 Å². The molecule has 6 aromatic carbocycles. The van der Waals surface area contributed by atoms with Crippen LogP contribution in [0.5, 0.6) is 0 Å². The number of nitrogens with zero attached hydrogens (tertiary/aromatic N) is 6. The third-order valence-corrected chi connectivity index (χ3v) is 10.4. The van der Waals surface area contributed by atoms with E-state index in [-0.39, 0.29) is 0 Å². The molecule has 0 bridgehead atoms. The van der Waals surface area contributed by atoms with Gasteiger partial charge in [0.05, 0.1) is 22.8 Å². The van der Waals surface area contributed by atoms with Crippen LogP contribution in [-0.2, 0) is 0 Å². The molecule has 0 atom stereocenters. The summed E-state index contributed by atoms with van der Waals surface area (Å²) in [5.41, 5.74) is 14.5. The Kier molecular flexibility index (Phi) is 9.84. The Balaban J connectivity index is 1.11. The smallest absolute Gasteiger partial charge is 0.164 e. The van der Waals surface area contributed by atoms with Crippen LogP contribution in [0.4, 0.5) is 0 Å². The van der Waals surface area contributed by atoms with Gasteiger partial charge < -0.3 is 0 Å². The highest BCUT2D eigenvalue weighted by molar-refractivity contribution is 5.95. The van der Waals surface area contributed by atoms with Gasteiger partial charge in [0.25, 0.3) is 0 Å². The van der Waals surface area contributed by atoms with Gasteiger partial charge >= 0.3 is 0 Å². The Morgan fingerprint density at radius 3 is 1.15 bits per heavy atom. The van der Waals surface area contributed by atoms with Gasteiger partial charge in [0.15, 0.2) is 17.5 Å². The second kappa shape index (κ2) is 16.3. The molecule has 10 aromatic rings. The zero-order valence-corrected chi connectivity index (χ0v) is 32.5. The van der Waals surface area contributed by atoms with E-state index >= 15 is 0 Å². The minimum Gasteiger partial charge on any atom is -0.256 e. The SMILES string of the molecule is c1ccc(-c2cc(-c3c(-c4ccccn4)cccc3-c3ccccn3)cc(-c3cccc(-c4cccc(-c5nc(-c6ccccc6)nc(-c6ccccc6)n5)c4)c3)n2)cc1. The van der Waals surface area contributed by atoms with Crippen molar-refractivity contribution in [1.82, 2.24) is 29.9 Å². The van der Waals surface area contributed by atoms with E-state index in [1.807, 2.05) is 103 Å². The zero-order valence-electron chi connectivity index (χ0n) is 32.5. The summed E-state index contributed by atoms with van der Waals surface area (Å²) in [6, 6.07) is 70.2. The number of benzene rings is 6. The van der Waals surface area contributed by atoms with Gasteiger partial charge in [0, 0.05) is 56.9 Å². The largest absolute Gasteiger partial charge is 0.256 e. The summed E-state index contributed by atoms with van der Waals surface area (Å²) >= 11 is 0. The monoisotopic (exact) mass is 768 g/mol. The predicted octanol–water partition coefficient (Wildman–Crippen LogP) is 13.1. The van der Waals surface area contributed by atoms with Gasteiger partial charge in [-0.15, -0.1) is 0 Å². The quantitative estimate of drug-likeness (QED) is 0.145. The maximum Gasteiger partial charge on any atom is 0.164 e. The van der Waals surface area contributed by atoms with E-state index in [1.54, 1.807) is 0 Å². The van der Waals surface area contributed by atoms with E-state index in [9.17, 15) is 0 Å². The normalized spacial score (nSPS) is 11.0. The Morgan fingerprint density at radius 2 is 0.633 bits per heavy atom. The van der Waals surface area contributed by atoms with Gasteiger partial charge in [0.2, 0.25) is 0 Å². The minimum atomic E-state index is 0.609. The number of pyridine rings is 3. The van der Waals surface area contributed by atoms with Crippen molar-refractivity contribution in [3.05, 3.63) is 219 Å². The first-order chi connectivity index (χ1) is 29.7. The molecular formula is C54H36N6. The fourth-order valence-electron chi connectivity index (χ4n) is 7.55. The summed E-state index contributed by atoms with van der Waals surface area (Å²) in [5.74, 6) is 1.86. The molecule has 282 valence electrons. The van der Waals surface area contributed by atoms with Gasteiger partial charge in [-0.05, 0) is 65.2 Å². The van der Waals surface area contributed by atoms with Crippen LogP contribution in [0.15, 0.2) is 219 Å². The van der Waals surface area contributed by atoms with E-state index in [4.69, 9.17) is 29.9 Å². The Morgan fingerprint density at radius 1 is 0.233 bits per heavy atom. The van der Waals surface area contributed by atoms with Crippen molar-refractivity contribution < 1.29 is 0 Å². The van der Waals surface area contributed by atoms with Crippen LogP contribution in [0.2, 0.25) is 0 Å². The molecule has 0 fully saturated rings. The molecule has 4 heterocycles. The van der Waals surface area contributed by atoms with Crippen molar-refractivity contribution >= 4 is 0 Å². The lowest BCUT2D eigenvalue weighted by Crippen LogP contribution is -2.00. The molecule has 0 radical (unpaired) electrons. The molecule has 0 N–H and O–H groups in total. The van der Waals surface area contributed by atoms with E-state index in [0.29, 0.717) is 17.5 Å². The predicted molar refractivity (Wildman–Crippen MR) is 242 cm³/mol. The molecule has 0 unspecified atom stereocenters. The molecular weight excluding hydrogens is 733 g/mol. The Hall–Kier alpha value is -8.22. The Labute approximate surface area is 348 Å². The summed E-state index contributed by atoms with van der Waals surface area (Å²) in [7, 11) is 0. The highest BCUT2D eigenvalue weighted by Crippen LogP contribution is 2.41. The van der Waals surface area contributed by atoms with E-state index in [1.165, 1.54) is 0 Å². The Bertz CT molecular complexity index is 2950. The number of hydrogen-bond donors (Lipinski definition) is 0. The standard InChI is InChI=1S/C54H36N6/c1-4-17-37(18-5-1)49-35-44(51-45(47-29-10-12-31-55-47)27-16-28-46(51)48-30-11-13-32-56-48)36-50(57-49)42-25-14-23-40(33-42)41-24-15-26-43(34-41)54-59-52(38-19-6-2-7-20-38)58-53(60-54)39-21-8-3-9-22-39/h1-36H. The molecule has 60 heavy (non-hydrogen) atoms. The zero-order chi connectivity index (χ0) is 40.1. The molecule has 0 saturated carbocycles. The van der Waals surface area contributed by atoms with E-state index in [0.717, 1.165) is 84.0 Å². The lowest BCUT2D eigenvalue weighted by atomic mass is 9.89. The molecule has 0 spiro atoms. The van der Waals surface area contributed by atoms with Crippen molar-refractivity contribution in [2.24, 2.45) is 0 Å². The summed E-state index contributed by atoms with van der Waals surface area (Å²) in [4.78, 5) is 29.8. The maximum atomic E-state index is 5.32. The summed E-state index contributed by atoms with van der Waals surface area (Å²) in [6.45, 7) is 0. The molecule has 0 saturated heterocycles. The van der Waals surface area contributed by atoms with Crippen LogP contribution in [0, 0.1) is 0 Å². The van der Waals surface area contributed by atoms with Gasteiger partial charge in [-0.2, -0.15) is 0 Å². The van der Waals surface area contributed by atoms with Crippen molar-refractivity contribution in [2.75, 3.05) is 0 Å². The third kappa shape index (κ3) is 7.49. The molecule has 0 aliphatic heterocycles. The molecule has 0 aliphatic carbocycles. The van der Waals surface area contributed by atoms with Gasteiger partial charge in [0.1, 0.15) is 0 Å². The second-order valence-corrected chi connectivity index (χ2v) is 14.4. The van der Waals surface area contributed by atoms with Crippen molar-refractivity contribution in [3.63, 3.8) is 0 Å². The van der Waals surface area contributed by atoms with Crippen LogP contribution in [-0.4, -0.2) is 29.9 Å². The first-order valence-corrected chi connectivity index (χ1v) is 19.9. The number of rotatable bonds is 9. The van der Waals surface area contributed by atoms with Crippen LogP contribution in [0.1, 0.15) is 0 Å². The summed E-state index contributed by atoms with van der Waals surface area (Å²) in [5, 5.41) is 0. The minimum absolute atomic E-state index is 0.609. The molecule has 4 aromatic heterocycles. The molecule has 6 nitrogen and oxygen atoms in total. The average molecular weight is 769 g/mol.